The van der Waals surface area contributed by atoms with Crippen molar-refractivity contribution in [3.05, 3.63) is 62.4 Å². The first-order valence-electron chi connectivity index (χ1n) is 5.30. The molecule has 6 nitrogen and oxygen atoms in total. The van der Waals surface area contributed by atoms with Crippen molar-refractivity contribution in [3.63, 3.8) is 0 Å². The van der Waals surface area contributed by atoms with Crippen LogP contribution >= 0.6 is 0 Å². The fraction of sp³-hybridized carbons (Fsp3) is 0.167. The van der Waals surface area contributed by atoms with Gasteiger partial charge in [0.05, 0.1) is 18.5 Å². The number of aromatic nitrogens is 2. The van der Waals surface area contributed by atoms with Crippen LogP contribution in [0.4, 0.5) is 0 Å². The number of rotatable bonds is 2. The lowest BCUT2D eigenvalue weighted by atomic mass is 10.2. The standard InChI is InChI=1S/C12H12N2O4/c1-8-6-13(18)12(17)14(11(8)16)10-5-3-2-4-9(10)7-15/h2-6,15,18H,7H2,1H3. The zero-order chi connectivity index (χ0) is 13.3. The molecule has 6 heteroatoms. The van der Waals surface area contributed by atoms with E-state index in [0.717, 1.165) is 10.8 Å². The summed E-state index contributed by atoms with van der Waals surface area (Å²) in [5.41, 5.74) is -0.466. The predicted octanol–water partition coefficient (Wildman–Crippen LogP) is 0.0372. The molecule has 0 saturated heterocycles. The first kappa shape index (κ1) is 12.1. The maximum absolute atomic E-state index is 12.0. The zero-order valence-electron chi connectivity index (χ0n) is 9.70. The lowest BCUT2D eigenvalue weighted by Gasteiger charge is -2.10. The number of aryl methyl sites for hydroxylation is 1. The normalized spacial score (nSPS) is 10.6. The molecular weight excluding hydrogens is 236 g/mol. The van der Waals surface area contributed by atoms with Gasteiger partial charge < -0.3 is 10.3 Å². The second kappa shape index (κ2) is 4.50. The Morgan fingerprint density at radius 2 is 1.89 bits per heavy atom. The van der Waals surface area contributed by atoms with E-state index >= 15 is 0 Å². The van der Waals surface area contributed by atoms with Gasteiger partial charge in [0.2, 0.25) is 0 Å². The highest BCUT2D eigenvalue weighted by molar-refractivity contribution is 5.40. The van der Waals surface area contributed by atoms with Gasteiger partial charge in [0.15, 0.2) is 0 Å². The van der Waals surface area contributed by atoms with Gasteiger partial charge in [-0.05, 0) is 13.0 Å². The van der Waals surface area contributed by atoms with E-state index in [9.17, 15) is 19.9 Å². The van der Waals surface area contributed by atoms with E-state index in [1.54, 1.807) is 18.2 Å². The molecule has 0 radical (unpaired) electrons. The van der Waals surface area contributed by atoms with E-state index in [-0.39, 0.29) is 17.9 Å². The van der Waals surface area contributed by atoms with E-state index in [1.165, 1.54) is 13.0 Å². The Bertz CT molecular complexity index is 666. The van der Waals surface area contributed by atoms with Crippen LogP contribution in [0.3, 0.4) is 0 Å². The summed E-state index contributed by atoms with van der Waals surface area (Å²) in [7, 11) is 0. The van der Waals surface area contributed by atoms with E-state index in [0.29, 0.717) is 10.3 Å². The smallest absolute Gasteiger partial charge is 0.368 e. The average molecular weight is 248 g/mol. The average Bonchev–Trinajstić information content (AvgIpc) is 2.37. The highest BCUT2D eigenvalue weighted by Crippen LogP contribution is 2.10. The fourth-order valence-electron chi connectivity index (χ4n) is 1.73. The summed E-state index contributed by atoms with van der Waals surface area (Å²) in [6, 6.07) is 6.47. The van der Waals surface area contributed by atoms with Crippen LogP contribution < -0.4 is 11.2 Å². The van der Waals surface area contributed by atoms with Gasteiger partial charge in [0.25, 0.3) is 5.56 Å². The van der Waals surface area contributed by atoms with Crippen LogP contribution in [0.1, 0.15) is 11.1 Å². The van der Waals surface area contributed by atoms with Gasteiger partial charge >= 0.3 is 5.69 Å². The fourth-order valence-corrected chi connectivity index (χ4v) is 1.73. The van der Waals surface area contributed by atoms with Gasteiger partial charge in [-0.15, -0.1) is 4.73 Å². The number of aliphatic hydroxyl groups is 1. The monoisotopic (exact) mass is 248 g/mol. The summed E-state index contributed by atoms with van der Waals surface area (Å²) >= 11 is 0. The van der Waals surface area contributed by atoms with Crippen LogP contribution in [0.5, 0.6) is 0 Å². The summed E-state index contributed by atoms with van der Waals surface area (Å²) in [6.45, 7) is 1.19. The topological polar surface area (TPSA) is 84.5 Å². The molecule has 0 bridgehead atoms. The third-order valence-electron chi connectivity index (χ3n) is 2.65. The molecule has 0 atom stereocenters. The molecule has 18 heavy (non-hydrogen) atoms. The minimum absolute atomic E-state index is 0.227. The van der Waals surface area contributed by atoms with Gasteiger partial charge in [-0.25, -0.2) is 9.36 Å². The van der Waals surface area contributed by atoms with Crippen LogP contribution in [0, 0.1) is 6.92 Å². The number of hydrogen-bond acceptors (Lipinski definition) is 4. The molecule has 0 aliphatic heterocycles. The molecule has 0 aliphatic rings. The minimum Gasteiger partial charge on any atom is -0.424 e. The van der Waals surface area contributed by atoms with Crippen LogP contribution in [0.2, 0.25) is 0 Å². The summed E-state index contributed by atoms with van der Waals surface area (Å²) < 4.78 is 1.19. The maximum atomic E-state index is 12.0. The van der Waals surface area contributed by atoms with Crippen molar-refractivity contribution in [3.8, 4) is 5.69 Å². The summed E-state index contributed by atoms with van der Waals surface area (Å²) in [6.07, 6.45) is 1.06. The second-order valence-corrected chi connectivity index (χ2v) is 3.87. The quantitative estimate of drug-likeness (QED) is 0.735. The minimum atomic E-state index is -0.869. The molecule has 2 rings (SSSR count). The third kappa shape index (κ3) is 1.82. The van der Waals surface area contributed by atoms with Gasteiger partial charge in [0, 0.05) is 11.1 Å². The molecule has 1 heterocycles. The Morgan fingerprint density at radius 3 is 2.56 bits per heavy atom. The zero-order valence-corrected chi connectivity index (χ0v) is 9.70. The molecule has 0 unspecified atom stereocenters. The number of aliphatic hydroxyl groups excluding tert-OH is 1. The van der Waals surface area contributed by atoms with Crippen molar-refractivity contribution in [1.29, 1.82) is 0 Å². The lowest BCUT2D eigenvalue weighted by molar-refractivity contribution is 0.165. The van der Waals surface area contributed by atoms with Crippen molar-refractivity contribution in [2.45, 2.75) is 13.5 Å². The van der Waals surface area contributed by atoms with Crippen LogP contribution in [-0.4, -0.2) is 19.6 Å². The van der Waals surface area contributed by atoms with Crippen molar-refractivity contribution < 1.29 is 10.3 Å². The Morgan fingerprint density at radius 1 is 1.22 bits per heavy atom. The summed E-state index contributed by atoms with van der Waals surface area (Å²) in [4.78, 5) is 23.8. The molecule has 1 aromatic heterocycles. The van der Waals surface area contributed by atoms with E-state index in [4.69, 9.17) is 0 Å². The number of benzene rings is 1. The van der Waals surface area contributed by atoms with Gasteiger partial charge in [-0.1, -0.05) is 18.2 Å². The molecule has 94 valence electrons. The SMILES string of the molecule is Cc1cn(O)c(=O)n(-c2ccccc2CO)c1=O. The molecule has 1 aromatic carbocycles. The van der Waals surface area contributed by atoms with Crippen molar-refractivity contribution >= 4 is 0 Å². The molecule has 2 N–H and O–H groups in total. The Kier molecular flexibility index (Phi) is 3.03. The Labute approximate surface area is 102 Å². The highest BCUT2D eigenvalue weighted by atomic mass is 16.5. The number of para-hydroxylation sites is 1. The molecule has 0 spiro atoms. The molecule has 0 fully saturated rings. The largest absolute Gasteiger partial charge is 0.424 e. The third-order valence-corrected chi connectivity index (χ3v) is 2.65. The summed E-state index contributed by atoms with van der Waals surface area (Å²) in [5, 5.41) is 18.6. The molecule has 2 aromatic rings. The molecular formula is C12H12N2O4. The number of hydrogen-bond donors (Lipinski definition) is 2. The second-order valence-electron chi connectivity index (χ2n) is 3.87. The number of nitrogens with zero attached hydrogens (tertiary/aromatic N) is 2. The first-order valence-corrected chi connectivity index (χ1v) is 5.30. The molecule has 0 saturated carbocycles. The predicted molar refractivity (Wildman–Crippen MR) is 64.1 cm³/mol. The van der Waals surface area contributed by atoms with Crippen molar-refractivity contribution in [2.24, 2.45) is 0 Å². The summed E-state index contributed by atoms with van der Waals surface area (Å²) in [5.74, 6) is 0. The first-order chi connectivity index (χ1) is 8.56. The van der Waals surface area contributed by atoms with Gasteiger partial charge in [-0.2, -0.15) is 0 Å². The molecule has 0 aliphatic carbocycles. The lowest BCUT2D eigenvalue weighted by Crippen LogP contribution is -2.39. The Hall–Kier alpha value is -2.34. The maximum Gasteiger partial charge on any atom is 0.368 e. The van der Waals surface area contributed by atoms with Gasteiger partial charge in [-0.3, -0.25) is 4.79 Å². The van der Waals surface area contributed by atoms with Crippen molar-refractivity contribution in [1.82, 2.24) is 9.30 Å². The highest BCUT2D eigenvalue weighted by Gasteiger charge is 2.12. The van der Waals surface area contributed by atoms with E-state index < -0.39 is 11.2 Å². The van der Waals surface area contributed by atoms with Crippen LogP contribution in [0.15, 0.2) is 40.1 Å². The van der Waals surface area contributed by atoms with Gasteiger partial charge in [0.1, 0.15) is 0 Å². The van der Waals surface area contributed by atoms with Crippen LogP contribution in [0.25, 0.3) is 5.69 Å². The van der Waals surface area contributed by atoms with Crippen LogP contribution in [-0.2, 0) is 6.61 Å². The van der Waals surface area contributed by atoms with E-state index in [1.807, 2.05) is 0 Å². The molecule has 0 amide bonds. The van der Waals surface area contributed by atoms with Crippen molar-refractivity contribution in [2.75, 3.05) is 0 Å². The van der Waals surface area contributed by atoms with E-state index in [2.05, 4.69) is 0 Å². The Balaban J connectivity index is 2.88.